The molecular formula is C14H29NO. The first-order valence-electron chi connectivity index (χ1n) is 6.92. The van der Waals surface area contributed by atoms with E-state index < -0.39 is 0 Å². The Morgan fingerprint density at radius 2 is 1.19 bits per heavy atom. The summed E-state index contributed by atoms with van der Waals surface area (Å²) >= 11 is 0. The van der Waals surface area contributed by atoms with Crippen molar-refractivity contribution in [1.82, 2.24) is 0 Å². The zero-order valence-electron chi connectivity index (χ0n) is 11.3. The van der Waals surface area contributed by atoms with Crippen LogP contribution >= 0.6 is 0 Å². The minimum atomic E-state index is -0.206. The fourth-order valence-corrected chi connectivity index (χ4v) is 2.29. The quantitative estimate of drug-likeness (QED) is 0.601. The van der Waals surface area contributed by atoms with Crippen LogP contribution < -0.4 is 5.73 Å². The van der Waals surface area contributed by atoms with E-state index in [9.17, 15) is 4.79 Å². The molecule has 0 saturated carbocycles. The topological polar surface area (TPSA) is 43.1 Å². The summed E-state index contributed by atoms with van der Waals surface area (Å²) in [5, 5.41) is 0. The van der Waals surface area contributed by atoms with Crippen LogP contribution in [-0.2, 0) is 4.79 Å². The third-order valence-electron chi connectivity index (χ3n) is 3.55. The van der Waals surface area contributed by atoms with Crippen LogP contribution in [0.25, 0.3) is 0 Å². The first-order chi connectivity index (χ1) is 7.63. The van der Waals surface area contributed by atoms with E-state index in [2.05, 4.69) is 20.8 Å². The van der Waals surface area contributed by atoms with E-state index in [1.165, 1.54) is 0 Å². The fraction of sp³-hybridized carbons (Fsp3) is 0.929. The van der Waals surface area contributed by atoms with Crippen LogP contribution in [-0.4, -0.2) is 5.91 Å². The molecule has 2 nitrogen and oxygen atoms in total. The zero-order chi connectivity index (χ0) is 12.4. The number of hydrogen-bond donors (Lipinski definition) is 1. The summed E-state index contributed by atoms with van der Waals surface area (Å²) in [6.45, 7) is 6.52. The van der Waals surface area contributed by atoms with Crippen LogP contribution in [0.1, 0.15) is 78.6 Å². The summed E-state index contributed by atoms with van der Waals surface area (Å²) in [6.07, 6.45) is 9.76. The first-order valence-corrected chi connectivity index (χ1v) is 6.92. The van der Waals surface area contributed by atoms with Crippen molar-refractivity contribution in [2.75, 3.05) is 0 Å². The highest BCUT2D eigenvalue weighted by Gasteiger charge is 2.34. The maximum absolute atomic E-state index is 11.8. The average molecular weight is 227 g/mol. The minimum Gasteiger partial charge on any atom is -0.369 e. The van der Waals surface area contributed by atoms with Crippen molar-refractivity contribution in [2.45, 2.75) is 78.6 Å². The van der Waals surface area contributed by atoms with Gasteiger partial charge in [0.2, 0.25) is 5.91 Å². The molecule has 0 aromatic carbocycles. The van der Waals surface area contributed by atoms with E-state index in [-0.39, 0.29) is 11.3 Å². The predicted molar refractivity (Wildman–Crippen MR) is 70.2 cm³/mol. The lowest BCUT2D eigenvalue weighted by atomic mass is 9.74. The Balaban J connectivity index is 4.52. The van der Waals surface area contributed by atoms with Crippen LogP contribution in [0.15, 0.2) is 0 Å². The normalized spacial score (nSPS) is 11.7. The molecule has 0 saturated heterocycles. The smallest absolute Gasteiger partial charge is 0.223 e. The van der Waals surface area contributed by atoms with Crippen molar-refractivity contribution in [3.05, 3.63) is 0 Å². The summed E-state index contributed by atoms with van der Waals surface area (Å²) in [5.41, 5.74) is 5.45. The van der Waals surface area contributed by atoms with E-state index in [1.807, 2.05) is 0 Å². The monoisotopic (exact) mass is 227 g/mol. The molecule has 2 N–H and O–H groups in total. The Bertz CT molecular complexity index is 167. The molecule has 0 rings (SSSR count). The third kappa shape index (κ3) is 5.00. The van der Waals surface area contributed by atoms with Gasteiger partial charge >= 0.3 is 0 Å². The molecule has 0 aliphatic heterocycles. The van der Waals surface area contributed by atoms with Crippen LogP contribution in [0.5, 0.6) is 0 Å². The second kappa shape index (κ2) is 8.60. The number of nitrogens with two attached hydrogens (primary N) is 1. The summed E-state index contributed by atoms with van der Waals surface area (Å²) in [7, 11) is 0. The van der Waals surface area contributed by atoms with E-state index in [1.54, 1.807) is 0 Å². The van der Waals surface area contributed by atoms with Gasteiger partial charge in [0.15, 0.2) is 0 Å². The van der Waals surface area contributed by atoms with Gasteiger partial charge in [-0.15, -0.1) is 0 Å². The second-order valence-corrected chi connectivity index (χ2v) is 4.96. The Labute approximate surface area is 101 Å². The van der Waals surface area contributed by atoms with Gasteiger partial charge in [-0.05, 0) is 19.3 Å². The number of carbonyl (C=O) groups is 1. The van der Waals surface area contributed by atoms with Crippen molar-refractivity contribution in [1.29, 1.82) is 0 Å². The second-order valence-electron chi connectivity index (χ2n) is 4.96. The van der Waals surface area contributed by atoms with Crippen LogP contribution in [0, 0.1) is 5.41 Å². The lowest BCUT2D eigenvalue weighted by Gasteiger charge is -2.30. The number of primary amides is 1. The molecule has 0 bridgehead atoms. The maximum atomic E-state index is 11.8. The Kier molecular flexibility index (Phi) is 8.32. The molecule has 0 fully saturated rings. The fourth-order valence-electron chi connectivity index (χ4n) is 2.29. The van der Waals surface area contributed by atoms with Gasteiger partial charge in [-0.3, -0.25) is 4.79 Å². The van der Waals surface area contributed by atoms with Crippen LogP contribution in [0.2, 0.25) is 0 Å². The summed E-state index contributed by atoms with van der Waals surface area (Å²) in [6, 6.07) is 0. The highest BCUT2D eigenvalue weighted by molar-refractivity contribution is 5.80. The number of hydrogen-bond acceptors (Lipinski definition) is 1. The van der Waals surface area contributed by atoms with Gasteiger partial charge in [0.25, 0.3) is 0 Å². The molecule has 0 aromatic heterocycles. The Hall–Kier alpha value is -0.530. The molecule has 0 spiro atoms. The standard InChI is InChI=1S/C14H29NO/c1-4-7-10-14(13(15)16,11-8-5-2)12-9-6-3/h4-12H2,1-3H3,(H2,15,16). The van der Waals surface area contributed by atoms with Gasteiger partial charge in [-0.2, -0.15) is 0 Å². The van der Waals surface area contributed by atoms with Crippen molar-refractivity contribution in [2.24, 2.45) is 11.1 Å². The van der Waals surface area contributed by atoms with Gasteiger partial charge < -0.3 is 5.73 Å². The number of rotatable bonds is 10. The first kappa shape index (κ1) is 15.5. The molecular weight excluding hydrogens is 198 g/mol. The molecule has 1 amide bonds. The Morgan fingerprint density at radius 1 is 0.875 bits per heavy atom. The molecule has 0 atom stereocenters. The lowest BCUT2D eigenvalue weighted by Crippen LogP contribution is -2.37. The minimum absolute atomic E-state index is 0.0668. The van der Waals surface area contributed by atoms with Gasteiger partial charge in [-0.25, -0.2) is 0 Å². The summed E-state index contributed by atoms with van der Waals surface area (Å²) in [5.74, 6) is -0.0668. The van der Waals surface area contributed by atoms with Crippen molar-refractivity contribution in [3.8, 4) is 0 Å². The lowest BCUT2D eigenvalue weighted by molar-refractivity contribution is -0.129. The SMILES string of the molecule is CCCCC(CCCC)(CCCC)C(N)=O. The number of carbonyl (C=O) groups excluding carboxylic acids is 1. The predicted octanol–water partition coefficient (Wildman–Crippen LogP) is 4.03. The van der Waals surface area contributed by atoms with Gasteiger partial charge in [0.1, 0.15) is 0 Å². The highest BCUT2D eigenvalue weighted by atomic mass is 16.1. The van der Waals surface area contributed by atoms with Crippen LogP contribution in [0.4, 0.5) is 0 Å². The maximum Gasteiger partial charge on any atom is 0.223 e. The van der Waals surface area contributed by atoms with E-state index in [4.69, 9.17) is 5.73 Å². The van der Waals surface area contributed by atoms with Crippen molar-refractivity contribution in [3.63, 3.8) is 0 Å². The molecule has 2 heteroatoms. The van der Waals surface area contributed by atoms with E-state index >= 15 is 0 Å². The van der Waals surface area contributed by atoms with Crippen LogP contribution in [0.3, 0.4) is 0 Å². The summed E-state index contributed by atoms with van der Waals surface area (Å²) < 4.78 is 0. The van der Waals surface area contributed by atoms with E-state index in [0.29, 0.717) is 0 Å². The largest absolute Gasteiger partial charge is 0.369 e. The molecule has 96 valence electrons. The Morgan fingerprint density at radius 3 is 1.38 bits per heavy atom. The molecule has 0 aromatic rings. The summed E-state index contributed by atoms with van der Waals surface area (Å²) in [4.78, 5) is 11.8. The average Bonchev–Trinajstić information content (AvgIpc) is 2.28. The number of amides is 1. The van der Waals surface area contributed by atoms with Gasteiger partial charge in [0.05, 0.1) is 0 Å². The van der Waals surface area contributed by atoms with Gasteiger partial charge in [0, 0.05) is 5.41 Å². The molecule has 0 aliphatic rings. The van der Waals surface area contributed by atoms with Crippen molar-refractivity contribution >= 4 is 5.91 Å². The molecule has 16 heavy (non-hydrogen) atoms. The highest BCUT2D eigenvalue weighted by Crippen LogP contribution is 2.36. The van der Waals surface area contributed by atoms with E-state index in [0.717, 1.165) is 57.8 Å². The molecule has 0 unspecified atom stereocenters. The molecule has 0 aliphatic carbocycles. The zero-order valence-corrected chi connectivity index (χ0v) is 11.3. The van der Waals surface area contributed by atoms with Crippen molar-refractivity contribution < 1.29 is 4.79 Å². The third-order valence-corrected chi connectivity index (χ3v) is 3.55. The number of unbranched alkanes of at least 4 members (excludes halogenated alkanes) is 3. The molecule has 0 heterocycles. The molecule has 0 radical (unpaired) electrons. The van der Waals surface area contributed by atoms with Gasteiger partial charge in [-0.1, -0.05) is 59.3 Å².